The normalized spacial score (nSPS) is 13.2. The van der Waals surface area contributed by atoms with E-state index in [-0.39, 0.29) is 0 Å². The third-order valence-corrected chi connectivity index (χ3v) is 3.83. The highest BCUT2D eigenvalue weighted by Crippen LogP contribution is 2.20. The van der Waals surface area contributed by atoms with Crippen LogP contribution in [0.15, 0.2) is 60.7 Å². The number of carbonyl (C=O) groups excluding carboxylic acids is 3. The lowest BCUT2D eigenvalue weighted by molar-refractivity contribution is -0.144. The summed E-state index contributed by atoms with van der Waals surface area (Å²) in [5, 5.41) is 0. The number of hydrogen-bond donors (Lipinski definition) is 0. The zero-order valence-corrected chi connectivity index (χ0v) is 12.7. The Bertz CT molecular complexity index is 615. The molecule has 2 rings (SSSR count). The second-order valence-electron chi connectivity index (χ2n) is 5.32. The maximum absolute atomic E-state index is 12.3. The number of rotatable bonds is 6. The van der Waals surface area contributed by atoms with Gasteiger partial charge in [-0.05, 0) is 11.1 Å². The van der Waals surface area contributed by atoms with Gasteiger partial charge in [-0.15, -0.1) is 0 Å². The van der Waals surface area contributed by atoms with Gasteiger partial charge in [0.2, 0.25) is 11.6 Å². The van der Waals surface area contributed by atoms with E-state index in [9.17, 15) is 14.4 Å². The lowest BCUT2D eigenvalue weighted by atomic mass is 9.88. The summed E-state index contributed by atoms with van der Waals surface area (Å²) < 4.78 is 0. The first-order valence-electron chi connectivity index (χ1n) is 7.24. The van der Waals surface area contributed by atoms with Gasteiger partial charge in [0.1, 0.15) is 0 Å². The molecule has 0 radical (unpaired) electrons. The SMILES string of the molecule is CC(C(=O)C(=O)C(=O)C(C)c1ccccc1)c1ccccc1. The van der Waals surface area contributed by atoms with E-state index in [0.717, 1.165) is 11.1 Å². The van der Waals surface area contributed by atoms with Gasteiger partial charge in [-0.2, -0.15) is 0 Å². The molecule has 0 fully saturated rings. The zero-order chi connectivity index (χ0) is 16.1. The highest BCUT2D eigenvalue weighted by atomic mass is 16.2. The molecule has 0 saturated carbocycles. The van der Waals surface area contributed by atoms with Crippen molar-refractivity contribution in [1.82, 2.24) is 0 Å². The monoisotopic (exact) mass is 294 g/mol. The standard InChI is InChI=1S/C19H18O3/c1-13(15-9-5-3-6-10-15)17(20)19(22)18(21)14(2)16-11-7-4-8-12-16/h3-14H,1-2H3. The molecule has 22 heavy (non-hydrogen) atoms. The molecule has 0 aromatic heterocycles. The second-order valence-corrected chi connectivity index (χ2v) is 5.32. The second kappa shape index (κ2) is 6.94. The van der Waals surface area contributed by atoms with Crippen molar-refractivity contribution in [2.24, 2.45) is 0 Å². The maximum Gasteiger partial charge on any atom is 0.265 e. The minimum Gasteiger partial charge on any atom is -0.290 e. The summed E-state index contributed by atoms with van der Waals surface area (Å²) in [5.41, 5.74) is 1.47. The van der Waals surface area contributed by atoms with Crippen LogP contribution in [0.5, 0.6) is 0 Å². The molecule has 2 aromatic rings. The Hall–Kier alpha value is -2.55. The summed E-state index contributed by atoms with van der Waals surface area (Å²) in [6.07, 6.45) is 0. The molecule has 0 aliphatic carbocycles. The van der Waals surface area contributed by atoms with Crippen LogP contribution < -0.4 is 0 Å². The largest absolute Gasteiger partial charge is 0.290 e. The molecule has 0 N–H and O–H groups in total. The Morgan fingerprint density at radius 2 is 0.955 bits per heavy atom. The minimum atomic E-state index is -0.923. The lowest BCUT2D eigenvalue weighted by Crippen LogP contribution is -2.31. The van der Waals surface area contributed by atoms with Crippen LogP contribution >= 0.6 is 0 Å². The maximum atomic E-state index is 12.3. The fourth-order valence-corrected chi connectivity index (χ4v) is 2.30. The first-order chi connectivity index (χ1) is 10.5. The zero-order valence-electron chi connectivity index (χ0n) is 12.7. The molecule has 0 aliphatic heterocycles. The van der Waals surface area contributed by atoms with E-state index < -0.39 is 29.2 Å². The molecule has 0 saturated heterocycles. The van der Waals surface area contributed by atoms with Gasteiger partial charge >= 0.3 is 0 Å². The third kappa shape index (κ3) is 3.37. The van der Waals surface area contributed by atoms with Crippen LogP contribution in [0.4, 0.5) is 0 Å². The molecular weight excluding hydrogens is 276 g/mol. The molecule has 3 heteroatoms. The van der Waals surface area contributed by atoms with Crippen molar-refractivity contribution in [2.75, 3.05) is 0 Å². The van der Waals surface area contributed by atoms with Crippen molar-refractivity contribution in [2.45, 2.75) is 25.7 Å². The Morgan fingerprint density at radius 1 is 0.636 bits per heavy atom. The van der Waals surface area contributed by atoms with Crippen molar-refractivity contribution in [3.8, 4) is 0 Å². The van der Waals surface area contributed by atoms with Gasteiger partial charge < -0.3 is 0 Å². The lowest BCUT2D eigenvalue weighted by Gasteiger charge is -2.12. The van der Waals surface area contributed by atoms with E-state index in [1.54, 1.807) is 62.4 Å². The van der Waals surface area contributed by atoms with Crippen LogP contribution in [0.3, 0.4) is 0 Å². The Balaban J connectivity index is 2.14. The topological polar surface area (TPSA) is 51.2 Å². The van der Waals surface area contributed by atoms with E-state index in [1.165, 1.54) is 0 Å². The van der Waals surface area contributed by atoms with Gasteiger partial charge in [0.25, 0.3) is 5.78 Å². The smallest absolute Gasteiger partial charge is 0.265 e. The minimum absolute atomic E-state index is 0.611. The molecule has 0 spiro atoms. The molecule has 2 atom stereocenters. The van der Waals surface area contributed by atoms with E-state index in [2.05, 4.69) is 0 Å². The van der Waals surface area contributed by atoms with E-state index in [4.69, 9.17) is 0 Å². The molecule has 3 nitrogen and oxygen atoms in total. The highest BCUT2D eigenvalue weighted by Gasteiger charge is 2.31. The van der Waals surface area contributed by atoms with Gasteiger partial charge in [0, 0.05) is 11.8 Å². The quantitative estimate of drug-likeness (QED) is 0.606. The Kier molecular flexibility index (Phi) is 4.99. The van der Waals surface area contributed by atoms with Crippen LogP contribution in [0, 0.1) is 0 Å². The molecule has 0 aliphatic rings. The van der Waals surface area contributed by atoms with Crippen LogP contribution in [-0.2, 0) is 14.4 Å². The molecule has 2 unspecified atom stereocenters. The van der Waals surface area contributed by atoms with Gasteiger partial charge in [0.05, 0.1) is 0 Å². The van der Waals surface area contributed by atoms with Crippen molar-refractivity contribution >= 4 is 17.3 Å². The predicted molar refractivity (Wildman–Crippen MR) is 84.7 cm³/mol. The Labute approximate surface area is 130 Å². The average molecular weight is 294 g/mol. The van der Waals surface area contributed by atoms with Crippen molar-refractivity contribution in [3.05, 3.63) is 71.8 Å². The van der Waals surface area contributed by atoms with E-state index >= 15 is 0 Å². The first-order valence-corrected chi connectivity index (χ1v) is 7.24. The summed E-state index contributed by atoms with van der Waals surface area (Å²) in [5.74, 6) is -3.45. The van der Waals surface area contributed by atoms with Crippen LogP contribution in [0.25, 0.3) is 0 Å². The van der Waals surface area contributed by atoms with Gasteiger partial charge in [-0.25, -0.2) is 0 Å². The summed E-state index contributed by atoms with van der Waals surface area (Å²) in [4.78, 5) is 36.7. The first kappa shape index (κ1) is 15.8. The molecule has 112 valence electrons. The summed E-state index contributed by atoms with van der Waals surface area (Å²) in [6.45, 7) is 3.30. The molecule has 0 amide bonds. The molecule has 2 aromatic carbocycles. The van der Waals surface area contributed by atoms with Gasteiger partial charge in [-0.3, -0.25) is 14.4 Å². The number of hydrogen-bond acceptors (Lipinski definition) is 3. The van der Waals surface area contributed by atoms with Crippen LogP contribution in [-0.4, -0.2) is 17.3 Å². The van der Waals surface area contributed by atoms with Gasteiger partial charge in [0.15, 0.2) is 0 Å². The molecular formula is C19H18O3. The number of benzene rings is 2. The Morgan fingerprint density at radius 3 is 1.27 bits per heavy atom. The third-order valence-electron chi connectivity index (χ3n) is 3.83. The van der Waals surface area contributed by atoms with Crippen molar-refractivity contribution in [3.63, 3.8) is 0 Å². The van der Waals surface area contributed by atoms with Crippen LogP contribution in [0.2, 0.25) is 0 Å². The molecule has 0 heterocycles. The molecule has 0 bridgehead atoms. The fraction of sp³-hybridized carbons (Fsp3) is 0.211. The summed E-state index contributed by atoms with van der Waals surface area (Å²) in [7, 11) is 0. The number of Topliss-reactive ketones (excluding diaryl/α,β-unsaturated/α-hetero) is 3. The average Bonchev–Trinajstić information content (AvgIpc) is 2.60. The van der Waals surface area contributed by atoms with Crippen molar-refractivity contribution in [1.29, 1.82) is 0 Å². The summed E-state index contributed by atoms with van der Waals surface area (Å²) in [6, 6.07) is 18.0. The van der Waals surface area contributed by atoms with E-state index in [0.29, 0.717) is 0 Å². The number of ketones is 3. The van der Waals surface area contributed by atoms with Gasteiger partial charge in [-0.1, -0.05) is 74.5 Å². The highest BCUT2D eigenvalue weighted by molar-refractivity contribution is 6.65. The predicted octanol–water partition coefficient (Wildman–Crippen LogP) is 3.30. The summed E-state index contributed by atoms with van der Waals surface area (Å²) >= 11 is 0. The number of carbonyl (C=O) groups is 3. The fourth-order valence-electron chi connectivity index (χ4n) is 2.30. The van der Waals surface area contributed by atoms with E-state index in [1.807, 2.05) is 12.1 Å². The van der Waals surface area contributed by atoms with Crippen molar-refractivity contribution < 1.29 is 14.4 Å². The van der Waals surface area contributed by atoms with Crippen LogP contribution in [0.1, 0.15) is 36.8 Å².